The van der Waals surface area contributed by atoms with Gasteiger partial charge in [0.1, 0.15) is 0 Å². The Morgan fingerprint density at radius 2 is 2.00 bits per heavy atom. The molecular weight excluding hydrogens is 136 g/mol. The molecule has 0 spiro atoms. The van der Waals surface area contributed by atoms with Crippen molar-refractivity contribution in [2.45, 2.75) is 31.2 Å². The van der Waals surface area contributed by atoms with Crippen LogP contribution in [0.25, 0.3) is 0 Å². The molecule has 0 heterocycles. The van der Waals surface area contributed by atoms with E-state index in [1.165, 1.54) is 0 Å². The van der Waals surface area contributed by atoms with Gasteiger partial charge in [-0.1, -0.05) is 0 Å². The molecule has 10 heavy (non-hydrogen) atoms. The summed E-state index contributed by atoms with van der Waals surface area (Å²) in [5.74, 6) is -2.51. The molecule has 0 saturated heterocycles. The maximum Gasteiger partial charge on any atom is 0.251 e. The fourth-order valence-corrected chi connectivity index (χ4v) is 2.25. The van der Waals surface area contributed by atoms with Crippen LogP contribution in [0.5, 0.6) is 0 Å². The molecule has 58 valence electrons. The summed E-state index contributed by atoms with van der Waals surface area (Å²) >= 11 is 0. The lowest BCUT2D eigenvalue weighted by Crippen LogP contribution is -2.44. The minimum absolute atomic E-state index is 0.0448. The first kappa shape index (κ1) is 6.53. The molecule has 2 rings (SSSR count). The molecular formula is C7H11F2N. The summed E-state index contributed by atoms with van der Waals surface area (Å²) in [5, 5.41) is 0. The quantitative estimate of drug-likeness (QED) is 0.550. The molecule has 2 fully saturated rings. The van der Waals surface area contributed by atoms with Gasteiger partial charge in [0.05, 0.1) is 0 Å². The van der Waals surface area contributed by atoms with E-state index in [2.05, 4.69) is 0 Å². The second-order valence-corrected chi connectivity index (χ2v) is 3.56. The van der Waals surface area contributed by atoms with E-state index in [-0.39, 0.29) is 24.3 Å². The second-order valence-electron chi connectivity index (χ2n) is 3.56. The highest BCUT2D eigenvalue weighted by atomic mass is 19.3. The van der Waals surface area contributed by atoms with Gasteiger partial charge in [-0.25, -0.2) is 8.78 Å². The van der Waals surface area contributed by atoms with Crippen molar-refractivity contribution in [2.75, 3.05) is 0 Å². The van der Waals surface area contributed by atoms with Crippen LogP contribution in [0.15, 0.2) is 0 Å². The van der Waals surface area contributed by atoms with Gasteiger partial charge in [-0.05, 0) is 18.8 Å². The highest BCUT2D eigenvalue weighted by Gasteiger charge is 2.59. The zero-order chi connectivity index (χ0) is 7.35. The van der Waals surface area contributed by atoms with Gasteiger partial charge in [0.15, 0.2) is 0 Å². The third-order valence-electron chi connectivity index (χ3n) is 2.81. The van der Waals surface area contributed by atoms with E-state index >= 15 is 0 Å². The average molecular weight is 147 g/mol. The molecule has 2 aliphatic rings. The third-order valence-corrected chi connectivity index (χ3v) is 2.81. The molecule has 3 heteroatoms. The summed E-state index contributed by atoms with van der Waals surface area (Å²) in [4.78, 5) is 0. The van der Waals surface area contributed by atoms with Gasteiger partial charge in [-0.15, -0.1) is 0 Å². The lowest BCUT2D eigenvalue weighted by atomic mass is 9.72. The van der Waals surface area contributed by atoms with Gasteiger partial charge >= 0.3 is 0 Å². The Morgan fingerprint density at radius 1 is 1.30 bits per heavy atom. The van der Waals surface area contributed by atoms with Crippen molar-refractivity contribution in [3.63, 3.8) is 0 Å². The normalized spacial score (nSPS) is 50.1. The highest BCUT2D eigenvalue weighted by molar-refractivity contribution is 5.02. The van der Waals surface area contributed by atoms with Crippen LogP contribution < -0.4 is 5.73 Å². The summed E-state index contributed by atoms with van der Waals surface area (Å²) in [6.07, 6.45) is 1.45. The fourth-order valence-electron chi connectivity index (χ4n) is 2.25. The van der Waals surface area contributed by atoms with Crippen LogP contribution in [0.2, 0.25) is 0 Å². The Hall–Kier alpha value is -0.180. The second kappa shape index (κ2) is 1.70. The SMILES string of the molecule is NC1CC2CC(F)(F)C2C1. The Labute approximate surface area is 58.6 Å². The molecule has 2 N–H and O–H groups in total. The van der Waals surface area contributed by atoms with Crippen molar-refractivity contribution in [1.82, 2.24) is 0 Å². The summed E-state index contributed by atoms with van der Waals surface area (Å²) in [6.45, 7) is 0. The molecule has 0 aromatic rings. The Kier molecular flexibility index (Phi) is 1.11. The Bertz CT molecular complexity index is 158. The van der Waals surface area contributed by atoms with E-state index in [1.807, 2.05) is 0 Å². The number of hydrogen-bond acceptors (Lipinski definition) is 1. The Balaban J connectivity index is 2.06. The fraction of sp³-hybridized carbons (Fsp3) is 1.00. The number of halogens is 2. The van der Waals surface area contributed by atoms with Crippen LogP contribution in [0, 0.1) is 11.8 Å². The molecule has 3 atom stereocenters. The smallest absolute Gasteiger partial charge is 0.251 e. The minimum atomic E-state index is -2.38. The standard InChI is InChI=1S/C7H11F2N/c8-7(9)3-4-1-5(10)2-6(4)7/h4-6H,1-3,10H2. The molecule has 2 aliphatic carbocycles. The minimum Gasteiger partial charge on any atom is -0.328 e. The van der Waals surface area contributed by atoms with E-state index in [4.69, 9.17) is 5.73 Å². The monoisotopic (exact) mass is 147 g/mol. The number of alkyl halides is 2. The van der Waals surface area contributed by atoms with Crippen LogP contribution in [-0.4, -0.2) is 12.0 Å². The van der Waals surface area contributed by atoms with Crippen molar-refractivity contribution in [3.8, 4) is 0 Å². The zero-order valence-corrected chi connectivity index (χ0v) is 5.69. The number of hydrogen-bond donors (Lipinski definition) is 1. The molecule has 2 saturated carbocycles. The maximum absolute atomic E-state index is 12.6. The van der Waals surface area contributed by atoms with E-state index < -0.39 is 5.92 Å². The molecule has 0 amide bonds. The lowest BCUT2D eigenvalue weighted by Gasteiger charge is -2.39. The number of nitrogens with two attached hydrogens (primary N) is 1. The summed E-state index contributed by atoms with van der Waals surface area (Å²) < 4.78 is 25.2. The summed E-state index contributed by atoms with van der Waals surface area (Å²) in [5.41, 5.74) is 5.54. The summed E-state index contributed by atoms with van der Waals surface area (Å²) in [6, 6.07) is 0.0448. The Morgan fingerprint density at radius 3 is 2.40 bits per heavy atom. The van der Waals surface area contributed by atoms with Crippen molar-refractivity contribution in [1.29, 1.82) is 0 Å². The zero-order valence-electron chi connectivity index (χ0n) is 5.69. The topological polar surface area (TPSA) is 26.0 Å². The molecule has 0 aliphatic heterocycles. The van der Waals surface area contributed by atoms with Crippen molar-refractivity contribution >= 4 is 0 Å². The van der Waals surface area contributed by atoms with Crippen molar-refractivity contribution in [2.24, 2.45) is 17.6 Å². The molecule has 1 nitrogen and oxygen atoms in total. The third kappa shape index (κ3) is 0.698. The van der Waals surface area contributed by atoms with Gasteiger partial charge in [0, 0.05) is 18.4 Å². The van der Waals surface area contributed by atoms with Crippen LogP contribution in [0.4, 0.5) is 8.78 Å². The largest absolute Gasteiger partial charge is 0.328 e. The van der Waals surface area contributed by atoms with Crippen molar-refractivity contribution in [3.05, 3.63) is 0 Å². The highest BCUT2D eigenvalue weighted by Crippen LogP contribution is 2.56. The summed E-state index contributed by atoms with van der Waals surface area (Å²) in [7, 11) is 0. The van der Waals surface area contributed by atoms with E-state index in [0.717, 1.165) is 6.42 Å². The van der Waals surface area contributed by atoms with E-state index in [9.17, 15) is 8.78 Å². The molecule has 0 bridgehead atoms. The first-order chi connectivity index (χ1) is 4.59. The lowest BCUT2D eigenvalue weighted by molar-refractivity contribution is -0.160. The molecule has 0 aromatic carbocycles. The van der Waals surface area contributed by atoms with Crippen LogP contribution in [-0.2, 0) is 0 Å². The van der Waals surface area contributed by atoms with E-state index in [1.54, 1.807) is 0 Å². The van der Waals surface area contributed by atoms with Crippen LogP contribution >= 0.6 is 0 Å². The van der Waals surface area contributed by atoms with Gasteiger partial charge in [-0.2, -0.15) is 0 Å². The number of rotatable bonds is 0. The van der Waals surface area contributed by atoms with Crippen molar-refractivity contribution < 1.29 is 8.78 Å². The first-order valence-electron chi connectivity index (χ1n) is 3.73. The first-order valence-corrected chi connectivity index (χ1v) is 3.73. The predicted molar refractivity (Wildman–Crippen MR) is 33.8 cm³/mol. The van der Waals surface area contributed by atoms with Gasteiger partial charge in [-0.3, -0.25) is 0 Å². The number of fused-ring (bicyclic) bond motifs is 1. The predicted octanol–water partition coefficient (Wildman–Crippen LogP) is 1.38. The molecule has 0 aromatic heterocycles. The maximum atomic E-state index is 12.6. The molecule has 0 radical (unpaired) electrons. The van der Waals surface area contributed by atoms with Gasteiger partial charge < -0.3 is 5.73 Å². The van der Waals surface area contributed by atoms with Gasteiger partial charge in [0.2, 0.25) is 0 Å². The molecule has 3 unspecified atom stereocenters. The van der Waals surface area contributed by atoms with E-state index in [0.29, 0.717) is 6.42 Å². The van der Waals surface area contributed by atoms with Crippen LogP contribution in [0.1, 0.15) is 19.3 Å². The average Bonchev–Trinajstić information content (AvgIpc) is 2.08. The van der Waals surface area contributed by atoms with Crippen LogP contribution in [0.3, 0.4) is 0 Å². The van der Waals surface area contributed by atoms with Gasteiger partial charge in [0.25, 0.3) is 5.92 Å².